The topological polar surface area (TPSA) is 54.2 Å². The maximum absolute atomic E-state index is 12.9. The Hall–Kier alpha value is -2.05. The highest BCUT2D eigenvalue weighted by atomic mass is 19.1. The van der Waals surface area contributed by atoms with Crippen LogP contribution in [0.15, 0.2) is 36.5 Å². The van der Waals surface area contributed by atoms with Crippen LogP contribution >= 0.6 is 0 Å². The van der Waals surface area contributed by atoms with Gasteiger partial charge in [0, 0.05) is 19.1 Å². The highest BCUT2D eigenvalue weighted by molar-refractivity contribution is 5.48. The molecule has 1 unspecified atom stereocenters. The van der Waals surface area contributed by atoms with E-state index in [2.05, 4.69) is 15.2 Å². The van der Waals surface area contributed by atoms with Crippen LogP contribution in [0.1, 0.15) is 44.0 Å². The molecule has 0 radical (unpaired) electrons. The normalized spacial score (nSPS) is 22.1. The van der Waals surface area contributed by atoms with E-state index in [9.17, 15) is 9.50 Å². The fraction of sp³-hybridized carbons (Fsp3) is 0.474. The fourth-order valence-corrected chi connectivity index (χ4v) is 3.14. The third-order valence-corrected chi connectivity index (χ3v) is 4.61. The largest absolute Gasteiger partial charge is 0.382 e. The van der Waals surface area contributed by atoms with E-state index in [0.29, 0.717) is 18.7 Å². The zero-order valence-electron chi connectivity index (χ0n) is 14.8. The first kappa shape index (κ1) is 17.8. The molecule has 1 fully saturated rings. The number of likely N-dealkylation sites (tertiary alicyclic amines) is 1. The van der Waals surface area contributed by atoms with E-state index in [4.69, 9.17) is 0 Å². The predicted molar refractivity (Wildman–Crippen MR) is 95.4 cm³/mol. The van der Waals surface area contributed by atoms with Gasteiger partial charge >= 0.3 is 0 Å². The number of aromatic nitrogens is 3. The Morgan fingerprint density at radius 2 is 2.08 bits per heavy atom. The smallest absolute Gasteiger partial charge is 0.123 e. The van der Waals surface area contributed by atoms with Crippen molar-refractivity contribution in [2.45, 2.75) is 38.3 Å². The molecular weight excluding hydrogens is 319 g/mol. The SMILES string of the molecule is CC(C)n1cc(C2(O)CCCN(C/C=C/c3ccc(F)cc3)C2)nn1. The zero-order chi connectivity index (χ0) is 17.9. The van der Waals surface area contributed by atoms with Crippen molar-refractivity contribution in [1.82, 2.24) is 19.9 Å². The standard InChI is InChI=1S/C19H25FN4O/c1-15(2)24-13-18(21-22-24)19(25)10-4-12-23(14-19)11-3-5-16-6-8-17(20)9-7-16/h3,5-9,13,15,25H,4,10-12,14H2,1-2H3/b5-3+. The molecule has 25 heavy (non-hydrogen) atoms. The second-order valence-electron chi connectivity index (χ2n) is 7.00. The first-order chi connectivity index (χ1) is 12.0. The van der Waals surface area contributed by atoms with Crippen LogP contribution in [0.2, 0.25) is 0 Å². The number of piperidine rings is 1. The van der Waals surface area contributed by atoms with Crippen LogP contribution in [-0.4, -0.2) is 44.6 Å². The van der Waals surface area contributed by atoms with E-state index in [1.54, 1.807) is 16.8 Å². The summed E-state index contributed by atoms with van der Waals surface area (Å²) in [5, 5.41) is 19.3. The number of nitrogens with zero attached hydrogens (tertiary/aromatic N) is 4. The third kappa shape index (κ3) is 4.32. The Morgan fingerprint density at radius 3 is 2.76 bits per heavy atom. The Morgan fingerprint density at radius 1 is 1.32 bits per heavy atom. The summed E-state index contributed by atoms with van der Waals surface area (Å²) in [7, 11) is 0. The van der Waals surface area contributed by atoms with Gasteiger partial charge < -0.3 is 5.11 Å². The Balaban J connectivity index is 1.62. The van der Waals surface area contributed by atoms with E-state index in [-0.39, 0.29) is 11.9 Å². The van der Waals surface area contributed by atoms with Gasteiger partial charge in [-0.15, -0.1) is 5.10 Å². The molecule has 0 bridgehead atoms. The van der Waals surface area contributed by atoms with E-state index < -0.39 is 5.60 Å². The first-order valence-corrected chi connectivity index (χ1v) is 8.75. The van der Waals surface area contributed by atoms with Crippen molar-refractivity contribution in [3.8, 4) is 0 Å². The fourth-order valence-electron chi connectivity index (χ4n) is 3.14. The minimum atomic E-state index is -0.949. The molecule has 5 nitrogen and oxygen atoms in total. The summed E-state index contributed by atoms with van der Waals surface area (Å²) in [5.41, 5.74) is 0.664. The predicted octanol–water partition coefficient (Wildman–Crippen LogP) is 2.99. The van der Waals surface area contributed by atoms with E-state index in [0.717, 1.165) is 25.1 Å². The van der Waals surface area contributed by atoms with Crippen molar-refractivity contribution in [1.29, 1.82) is 0 Å². The summed E-state index contributed by atoms with van der Waals surface area (Å²) in [6.07, 6.45) is 7.48. The molecule has 1 aromatic carbocycles. The van der Waals surface area contributed by atoms with Gasteiger partial charge in [-0.2, -0.15) is 0 Å². The maximum Gasteiger partial charge on any atom is 0.123 e. The molecule has 6 heteroatoms. The molecule has 3 rings (SSSR count). The molecule has 0 amide bonds. The molecule has 134 valence electrons. The minimum Gasteiger partial charge on any atom is -0.382 e. The lowest BCUT2D eigenvalue weighted by atomic mass is 9.90. The number of aliphatic hydroxyl groups is 1. The van der Waals surface area contributed by atoms with E-state index >= 15 is 0 Å². The van der Waals surface area contributed by atoms with Gasteiger partial charge in [-0.3, -0.25) is 4.90 Å². The van der Waals surface area contributed by atoms with Crippen molar-refractivity contribution in [2.75, 3.05) is 19.6 Å². The van der Waals surface area contributed by atoms with Gasteiger partial charge in [-0.25, -0.2) is 9.07 Å². The molecule has 2 aromatic rings. The van der Waals surface area contributed by atoms with Crippen LogP contribution in [0.25, 0.3) is 6.08 Å². The molecule has 1 N–H and O–H groups in total. The number of β-amino-alcohol motifs (C(OH)–C–C–N with tert-alkyl or cyclic N) is 1. The average molecular weight is 344 g/mol. The zero-order valence-corrected chi connectivity index (χ0v) is 14.8. The Bertz CT molecular complexity index is 725. The number of hydrogen-bond donors (Lipinski definition) is 1. The van der Waals surface area contributed by atoms with Crippen LogP contribution < -0.4 is 0 Å². The maximum atomic E-state index is 12.9. The summed E-state index contributed by atoms with van der Waals surface area (Å²) in [4.78, 5) is 2.21. The third-order valence-electron chi connectivity index (χ3n) is 4.61. The van der Waals surface area contributed by atoms with Crippen LogP contribution in [0.4, 0.5) is 4.39 Å². The lowest BCUT2D eigenvalue weighted by molar-refractivity contribution is -0.0355. The number of halogens is 1. The molecule has 2 heterocycles. The monoisotopic (exact) mass is 344 g/mol. The van der Waals surface area contributed by atoms with E-state index in [1.807, 2.05) is 32.2 Å². The van der Waals surface area contributed by atoms with Crippen molar-refractivity contribution in [3.05, 3.63) is 53.6 Å². The molecule has 1 aliphatic rings. The number of hydrogen-bond acceptors (Lipinski definition) is 4. The van der Waals surface area contributed by atoms with Gasteiger partial charge in [0.2, 0.25) is 0 Å². The summed E-state index contributed by atoms with van der Waals surface area (Å²) < 4.78 is 14.7. The van der Waals surface area contributed by atoms with Gasteiger partial charge in [0.15, 0.2) is 0 Å². The number of benzene rings is 1. The van der Waals surface area contributed by atoms with Crippen LogP contribution in [0.5, 0.6) is 0 Å². The van der Waals surface area contributed by atoms with Gasteiger partial charge in [-0.05, 0) is 50.9 Å². The molecule has 0 spiro atoms. The molecule has 1 aromatic heterocycles. The van der Waals surface area contributed by atoms with Gasteiger partial charge in [0.05, 0.1) is 6.20 Å². The summed E-state index contributed by atoms with van der Waals surface area (Å²) in [6.45, 7) is 6.29. The van der Waals surface area contributed by atoms with Gasteiger partial charge in [0.1, 0.15) is 17.1 Å². The van der Waals surface area contributed by atoms with Crippen LogP contribution in [0, 0.1) is 5.82 Å². The Kier molecular flexibility index (Phi) is 5.30. The minimum absolute atomic E-state index is 0.225. The van der Waals surface area contributed by atoms with Crippen molar-refractivity contribution < 1.29 is 9.50 Å². The molecular formula is C19H25FN4O. The molecule has 1 atom stereocenters. The average Bonchev–Trinajstić information content (AvgIpc) is 3.08. The van der Waals surface area contributed by atoms with E-state index in [1.165, 1.54) is 12.1 Å². The summed E-state index contributed by atoms with van der Waals surface area (Å²) in [6, 6.07) is 6.64. The van der Waals surface area contributed by atoms with Gasteiger partial charge in [0.25, 0.3) is 0 Å². The van der Waals surface area contributed by atoms with Crippen molar-refractivity contribution in [2.24, 2.45) is 0 Å². The molecule has 1 aliphatic heterocycles. The molecule has 1 saturated heterocycles. The van der Waals surface area contributed by atoms with Crippen LogP contribution in [-0.2, 0) is 5.60 Å². The van der Waals surface area contributed by atoms with Crippen molar-refractivity contribution in [3.63, 3.8) is 0 Å². The lowest BCUT2D eigenvalue weighted by Gasteiger charge is -2.37. The summed E-state index contributed by atoms with van der Waals surface area (Å²) in [5.74, 6) is -0.229. The van der Waals surface area contributed by atoms with Crippen molar-refractivity contribution >= 4 is 6.08 Å². The van der Waals surface area contributed by atoms with Crippen LogP contribution in [0.3, 0.4) is 0 Å². The Labute approximate surface area is 147 Å². The molecule has 0 aliphatic carbocycles. The highest BCUT2D eigenvalue weighted by Crippen LogP contribution is 2.30. The second-order valence-corrected chi connectivity index (χ2v) is 7.00. The van der Waals surface area contributed by atoms with Gasteiger partial charge in [-0.1, -0.05) is 29.5 Å². The molecule has 0 saturated carbocycles. The summed E-state index contributed by atoms with van der Waals surface area (Å²) >= 11 is 0. The quantitative estimate of drug-likeness (QED) is 0.906. The first-order valence-electron chi connectivity index (χ1n) is 8.75. The highest BCUT2D eigenvalue weighted by Gasteiger charge is 2.37. The second kappa shape index (κ2) is 7.45. The number of rotatable bonds is 5. The lowest BCUT2D eigenvalue weighted by Crippen LogP contribution is -2.46.